The average molecular weight is 337 g/mol. The molecular weight excluding hydrogens is 324 g/mol. The first-order valence-electron chi connectivity index (χ1n) is 7.17. The first kappa shape index (κ1) is 15.8. The van der Waals surface area contributed by atoms with Crippen LogP contribution in [-0.4, -0.2) is 20.9 Å². The maximum Gasteiger partial charge on any atom is 0.275 e. The van der Waals surface area contributed by atoms with E-state index in [9.17, 15) is 4.79 Å². The molecule has 0 fully saturated rings. The molecule has 1 amide bonds. The molecule has 2 heterocycles. The number of carbonyl (C=O) groups excluding carboxylic acids is 1. The van der Waals surface area contributed by atoms with E-state index < -0.39 is 0 Å². The van der Waals surface area contributed by atoms with Gasteiger partial charge < -0.3 is 5.32 Å². The molecule has 0 spiro atoms. The Morgan fingerprint density at radius 1 is 0.833 bits per heavy atom. The average Bonchev–Trinajstić information content (AvgIpc) is 2.61. The minimum Gasteiger partial charge on any atom is -0.319 e. The van der Waals surface area contributed by atoms with Gasteiger partial charge in [-0.3, -0.25) is 14.8 Å². The molecule has 1 N–H and O–H groups in total. The highest BCUT2D eigenvalue weighted by atomic mass is 35.5. The summed E-state index contributed by atoms with van der Waals surface area (Å²) in [6.45, 7) is 0. The second kappa shape index (κ2) is 6.60. The monoisotopic (exact) mass is 336 g/mol. The number of nitrogens with zero attached hydrogens (tertiary/aromatic N) is 3. The van der Waals surface area contributed by atoms with Gasteiger partial charge in [-0.15, -0.1) is 12.4 Å². The molecule has 0 saturated heterocycles. The number of carbonyl (C=O) groups is 1. The fourth-order valence-corrected chi connectivity index (χ4v) is 2.40. The van der Waals surface area contributed by atoms with Gasteiger partial charge >= 0.3 is 0 Å². The van der Waals surface area contributed by atoms with Crippen LogP contribution < -0.4 is 5.32 Å². The molecule has 4 rings (SSSR count). The fraction of sp³-hybridized carbons (Fsp3) is 0. The highest BCUT2D eigenvalue weighted by molar-refractivity contribution is 6.04. The number of amides is 1. The molecular formula is C18H13ClN4O. The van der Waals surface area contributed by atoms with Crippen LogP contribution in [0.3, 0.4) is 0 Å². The van der Waals surface area contributed by atoms with Crippen LogP contribution in [-0.2, 0) is 0 Å². The zero-order valence-corrected chi connectivity index (χ0v) is 13.3. The maximum absolute atomic E-state index is 12.4. The molecule has 0 saturated carbocycles. The molecule has 0 radical (unpaired) electrons. The number of nitrogens with one attached hydrogen (secondary N) is 1. The van der Waals surface area contributed by atoms with Crippen molar-refractivity contribution in [3.63, 3.8) is 0 Å². The molecule has 0 aliphatic rings. The van der Waals surface area contributed by atoms with E-state index in [0.29, 0.717) is 11.2 Å². The lowest BCUT2D eigenvalue weighted by atomic mass is 10.2. The lowest BCUT2D eigenvalue weighted by Crippen LogP contribution is -2.14. The molecule has 6 heteroatoms. The number of halogens is 1. The van der Waals surface area contributed by atoms with E-state index in [1.165, 1.54) is 6.20 Å². The summed E-state index contributed by atoms with van der Waals surface area (Å²) in [5.74, 6) is -0.305. The Hall–Kier alpha value is -3.05. The fourth-order valence-electron chi connectivity index (χ4n) is 2.40. The molecule has 0 unspecified atom stereocenters. The number of hydrogen-bond donors (Lipinski definition) is 1. The van der Waals surface area contributed by atoms with Gasteiger partial charge in [0.25, 0.3) is 5.91 Å². The Morgan fingerprint density at radius 2 is 1.50 bits per heavy atom. The molecule has 0 aliphatic carbocycles. The summed E-state index contributed by atoms with van der Waals surface area (Å²) in [6, 6.07) is 17.1. The predicted molar refractivity (Wildman–Crippen MR) is 96.5 cm³/mol. The Morgan fingerprint density at radius 3 is 2.33 bits per heavy atom. The summed E-state index contributed by atoms with van der Waals surface area (Å²) in [6.07, 6.45) is 3.11. The largest absolute Gasteiger partial charge is 0.319 e. The van der Waals surface area contributed by atoms with Crippen molar-refractivity contribution in [2.45, 2.75) is 0 Å². The third-order valence-corrected chi connectivity index (χ3v) is 3.53. The molecule has 0 bridgehead atoms. The normalized spacial score (nSPS) is 10.3. The number of para-hydroxylation sites is 3. The minimum atomic E-state index is -0.305. The number of fused-ring (bicyclic) bond motifs is 2. The van der Waals surface area contributed by atoms with E-state index in [-0.39, 0.29) is 24.0 Å². The zero-order valence-electron chi connectivity index (χ0n) is 12.5. The standard InChI is InChI=1S/C18H12N4O.ClH/c23-18(17-11-20-15-7-3-4-8-16(15)22-17)21-13-9-12-5-1-2-6-14(12)19-10-13;/h1-11H,(H,21,23);1H. The summed E-state index contributed by atoms with van der Waals surface area (Å²) in [4.78, 5) is 25.3. The van der Waals surface area contributed by atoms with Crippen molar-refractivity contribution in [3.05, 3.63) is 72.7 Å². The van der Waals surface area contributed by atoms with Gasteiger partial charge in [-0.1, -0.05) is 30.3 Å². The van der Waals surface area contributed by atoms with Gasteiger partial charge in [0, 0.05) is 5.39 Å². The van der Waals surface area contributed by atoms with Crippen LogP contribution in [0.5, 0.6) is 0 Å². The van der Waals surface area contributed by atoms with Gasteiger partial charge in [-0.2, -0.15) is 0 Å². The van der Waals surface area contributed by atoms with E-state index in [4.69, 9.17) is 0 Å². The van der Waals surface area contributed by atoms with Gasteiger partial charge in [0.05, 0.1) is 34.6 Å². The molecule has 118 valence electrons. The minimum absolute atomic E-state index is 0. The van der Waals surface area contributed by atoms with Gasteiger partial charge in [0.2, 0.25) is 0 Å². The molecule has 0 atom stereocenters. The quantitative estimate of drug-likeness (QED) is 0.603. The van der Waals surface area contributed by atoms with Crippen molar-refractivity contribution in [2.75, 3.05) is 5.32 Å². The van der Waals surface area contributed by atoms with Crippen LogP contribution in [0.4, 0.5) is 5.69 Å². The van der Waals surface area contributed by atoms with Crippen molar-refractivity contribution in [1.29, 1.82) is 0 Å². The van der Waals surface area contributed by atoms with Gasteiger partial charge in [-0.05, 0) is 24.3 Å². The Balaban J connectivity index is 0.00000169. The van der Waals surface area contributed by atoms with Crippen LogP contribution >= 0.6 is 12.4 Å². The number of pyridine rings is 1. The first-order valence-corrected chi connectivity index (χ1v) is 7.17. The molecule has 0 aliphatic heterocycles. The van der Waals surface area contributed by atoms with Crippen LogP contribution in [0, 0.1) is 0 Å². The number of rotatable bonds is 2. The van der Waals surface area contributed by atoms with Crippen molar-refractivity contribution in [1.82, 2.24) is 15.0 Å². The van der Waals surface area contributed by atoms with Gasteiger partial charge in [0.1, 0.15) is 5.69 Å². The first-order chi connectivity index (χ1) is 11.3. The van der Waals surface area contributed by atoms with Crippen molar-refractivity contribution in [2.24, 2.45) is 0 Å². The van der Waals surface area contributed by atoms with E-state index in [1.807, 2.05) is 54.6 Å². The van der Waals surface area contributed by atoms with Gasteiger partial charge in [0.15, 0.2) is 0 Å². The molecule has 2 aromatic carbocycles. The second-order valence-corrected chi connectivity index (χ2v) is 5.11. The van der Waals surface area contributed by atoms with Crippen LogP contribution in [0.25, 0.3) is 21.9 Å². The molecule has 2 aromatic heterocycles. The summed E-state index contributed by atoms with van der Waals surface area (Å²) in [7, 11) is 0. The number of anilines is 1. The Labute approximate surface area is 144 Å². The molecule has 5 nitrogen and oxygen atoms in total. The van der Waals surface area contributed by atoms with Crippen molar-refractivity contribution >= 4 is 45.9 Å². The summed E-state index contributed by atoms with van der Waals surface area (Å²) in [5.41, 5.74) is 3.24. The van der Waals surface area contributed by atoms with E-state index in [0.717, 1.165) is 16.4 Å². The summed E-state index contributed by atoms with van der Waals surface area (Å²) < 4.78 is 0. The second-order valence-electron chi connectivity index (χ2n) is 5.11. The van der Waals surface area contributed by atoms with Crippen LogP contribution in [0.15, 0.2) is 67.0 Å². The topological polar surface area (TPSA) is 67.8 Å². The lowest BCUT2D eigenvalue weighted by molar-refractivity contribution is 0.102. The molecule has 4 aromatic rings. The van der Waals surface area contributed by atoms with Crippen LogP contribution in [0.2, 0.25) is 0 Å². The SMILES string of the molecule is Cl.O=C(Nc1cnc2ccccc2c1)c1cnc2ccccc2n1. The molecule has 24 heavy (non-hydrogen) atoms. The number of hydrogen-bond acceptors (Lipinski definition) is 4. The van der Waals surface area contributed by atoms with Crippen molar-refractivity contribution < 1.29 is 4.79 Å². The smallest absolute Gasteiger partial charge is 0.275 e. The van der Waals surface area contributed by atoms with Gasteiger partial charge in [-0.25, -0.2) is 4.98 Å². The summed E-state index contributed by atoms with van der Waals surface area (Å²) >= 11 is 0. The highest BCUT2D eigenvalue weighted by Gasteiger charge is 2.10. The maximum atomic E-state index is 12.4. The Kier molecular flexibility index (Phi) is 4.35. The summed E-state index contributed by atoms with van der Waals surface area (Å²) in [5, 5.41) is 3.78. The van der Waals surface area contributed by atoms with E-state index >= 15 is 0 Å². The zero-order chi connectivity index (χ0) is 15.6. The van der Waals surface area contributed by atoms with Crippen LogP contribution in [0.1, 0.15) is 10.5 Å². The number of aromatic nitrogens is 3. The lowest BCUT2D eigenvalue weighted by Gasteiger charge is -2.06. The van der Waals surface area contributed by atoms with Crippen molar-refractivity contribution in [3.8, 4) is 0 Å². The third kappa shape index (κ3) is 3.02. The van der Waals surface area contributed by atoms with E-state index in [2.05, 4.69) is 20.3 Å². The van der Waals surface area contributed by atoms with E-state index in [1.54, 1.807) is 6.20 Å². The highest BCUT2D eigenvalue weighted by Crippen LogP contribution is 2.17. The number of benzene rings is 2. The predicted octanol–water partition coefficient (Wildman–Crippen LogP) is 3.85. The third-order valence-electron chi connectivity index (χ3n) is 3.53. The Bertz CT molecular complexity index is 1040.